The monoisotopic (exact) mass is 1870 g/mol. The van der Waals surface area contributed by atoms with E-state index in [1.54, 1.807) is 76.7 Å². The number of carbonyl (C=O) groups excluding carboxylic acids is 2. The largest absolute Gasteiger partial charge is 0.478 e. The van der Waals surface area contributed by atoms with Crippen molar-refractivity contribution in [1.82, 2.24) is 53.8 Å². The quantitative estimate of drug-likeness (QED) is 0.0344. The van der Waals surface area contributed by atoms with E-state index in [1.807, 2.05) is 152 Å². The highest BCUT2D eigenvalue weighted by Crippen LogP contribution is 2.34. The lowest BCUT2D eigenvalue weighted by Crippen LogP contribution is -2.34. The highest BCUT2D eigenvalue weighted by atomic mass is 79.9. The molecular formula is C77H98Br5ClN17O9P. The van der Waals surface area contributed by atoms with Crippen LogP contribution in [-0.4, -0.2) is 99.6 Å². The Morgan fingerprint density at radius 3 is 1.38 bits per heavy atom. The number of para-hydroxylation sites is 6. The van der Waals surface area contributed by atoms with E-state index in [0.29, 0.717) is 110 Å². The molecule has 12 rings (SSSR count). The van der Waals surface area contributed by atoms with Gasteiger partial charge in [0.2, 0.25) is 17.2 Å². The summed E-state index contributed by atoms with van der Waals surface area (Å²) in [7, 11) is -1.87. The number of anilines is 4. The fourth-order valence-corrected chi connectivity index (χ4v) is 12.7. The van der Waals surface area contributed by atoms with Crippen LogP contribution >= 0.6 is 101 Å². The molecule has 11 aromatic rings. The van der Waals surface area contributed by atoms with E-state index in [2.05, 4.69) is 121 Å². The molecule has 1 atom stereocenters. The number of carbonyl (C=O) groups is 3. The summed E-state index contributed by atoms with van der Waals surface area (Å²) in [6, 6.07) is 33.6. The minimum Gasteiger partial charge on any atom is -0.478 e. The molecule has 0 radical (unpaired) electrons. The maximum Gasteiger partial charge on any atom is 0.337 e. The number of nitrogens with two attached hydrogens (primary N) is 4. The second-order valence-corrected chi connectivity index (χ2v) is 31.9. The molecule has 6 heterocycles. The van der Waals surface area contributed by atoms with Crippen LogP contribution in [0.25, 0.3) is 54.9 Å². The molecule has 0 unspecified atom stereocenters. The van der Waals surface area contributed by atoms with Gasteiger partial charge in [0, 0.05) is 83.0 Å². The molecule has 1 aliphatic rings. The van der Waals surface area contributed by atoms with Gasteiger partial charge in [-0.3, -0.25) is 47.0 Å². The van der Waals surface area contributed by atoms with Crippen molar-refractivity contribution in [2.24, 2.45) is 11.5 Å². The lowest BCUT2D eigenvalue weighted by Gasteiger charge is -2.24. The van der Waals surface area contributed by atoms with Gasteiger partial charge in [0.1, 0.15) is 0 Å². The van der Waals surface area contributed by atoms with Crippen LogP contribution in [0.15, 0.2) is 162 Å². The van der Waals surface area contributed by atoms with Crippen LogP contribution in [0.1, 0.15) is 154 Å². The fraction of sp³-hybridized carbons (Fsp3) is 0.338. The fourth-order valence-electron chi connectivity index (χ4n) is 10.3. The molecule has 2 amide bonds. The number of hydrogen-bond acceptors (Lipinski definition) is 17. The van der Waals surface area contributed by atoms with Crippen molar-refractivity contribution >= 4 is 186 Å². The van der Waals surface area contributed by atoms with Gasteiger partial charge in [-0.1, -0.05) is 49.4 Å². The van der Waals surface area contributed by atoms with Gasteiger partial charge in [0.25, 0.3) is 34.1 Å². The number of nitrogens with zero attached hydrogens (tertiary/aromatic N) is 7. The molecular weight excluding hydrogens is 1770 g/mol. The lowest BCUT2D eigenvalue weighted by atomic mass is 10.1. The zero-order valence-electron chi connectivity index (χ0n) is 67.2. The van der Waals surface area contributed by atoms with Crippen LogP contribution < -0.4 is 72.1 Å². The summed E-state index contributed by atoms with van der Waals surface area (Å²) < 4.78 is 27.6. The first kappa shape index (κ1) is 88.8. The third-order valence-corrected chi connectivity index (χ3v) is 18.7. The van der Waals surface area contributed by atoms with Gasteiger partial charge in [0.15, 0.2) is 0 Å². The number of carboxylic acids is 1. The molecule has 110 heavy (non-hydrogen) atoms. The predicted octanol–water partition coefficient (Wildman–Crippen LogP) is 15.4. The maximum atomic E-state index is 13.1. The van der Waals surface area contributed by atoms with E-state index in [1.165, 1.54) is 15.2 Å². The zero-order valence-corrected chi connectivity index (χ0v) is 73.7. The van der Waals surface area contributed by atoms with Crippen molar-refractivity contribution in [3.63, 3.8) is 0 Å². The van der Waals surface area contributed by atoms with Crippen molar-refractivity contribution in [2.45, 2.75) is 160 Å². The Kier molecular flexibility index (Phi) is 33.7. The van der Waals surface area contributed by atoms with Crippen LogP contribution in [0.3, 0.4) is 0 Å². The molecule has 0 fully saturated rings. The minimum absolute atomic E-state index is 0. The smallest absolute Gasteiger partial charge is 0.337 e. The molecule has 0 aliphatic carbocycles. The number of aromatic carboxylic acids is 1. The molecule has 15 N–H and O–H groups in total. The van der Waals surface area contributed by atoms with Crippen LogP contribution in [0.5, 0.6) is 0 Å². The highest BCUT2D eigenvalue weighted by Gasteiger charge is 2.29. The average Bonchev–Trinajstić information content (AvgIpc) is 1.63. The van der Waals surface area contributed by atoms with Gasteiger partial charge < -0.3 is 59.3 Å². The Morgan fingerprint density at radius 2 is 0.945 bits per heavy atom. The summed E-state index contributed by atoms with van der Waals surface area (Å²) in [4.78, 5) is 115. The molecule has 0 saturated carbocycles. The number of benzene rings is 6. The molecule has 0 saturated heterocycles. The van der Waals surface area contributed by atoms with E-state index in [4.69, 9.17) is 48.5 Å². The first-order chi connectivity index (χ1) is 52.8. The normalized spacial score (nSPS) is 12.3. The van der Waals surface area contributed by atoms with Gasteiger partial charge in [-0.25, -0.2) is 24.5 Å². The topological polar surface area (TPSA) is 399 Å². The number of fused-ring (bicyclic) bond motifs is 5. The van der Waals surface area contributed by atoms with E-state index in [-0.39, 0.29) is 78.9 Å². The number of H-pyrrole nitrogens is 2. The Balaban J connectivity index is 0.000000284. The molecule has 26 nitrogen and oxygen atoms in total. The van der Waals surface area contributed by atoms with E-state index < -0.39 is 15.7 Å². The van der Waals surface area contributed by atoms with Crippen LogP contribution in [-0.2, 0) is 26.2 Å². The van der Waals surface area contributed by atoms with Crippen molar-refractivity contribution < 1.29 is 19.5 Å². The summed E-state index contributed by atoms with van der Waals surface area (Å²) in [5.41, 5.74) is 27.1. The lowest BCUT2D eigenvalue weighted by molar-refractivity contribution is 0.0697. The van der Waals surface area contributed by atoms with Crippen molar-refractivity contribution in [1.29, 1.82) is 3.84 Å². The summed E-state index contributed by atoms with van der Waals surface area (Å²) in [6.07, 6.45) is 0. The number of nitrogens with one attached hydrogen (secondary N) is 6. The molecule has 33 heteroatoms. The molecule has 1 aliphatic heterocycles. The summed E-state index contributed by atoms with van der Waals surface area (Å²) >= 11 is 22.4. The molecule has 0 bridgehead atoms. The Morgan fingerprint density at radius 1 is 0.564 bits per heavy atom. The number of aromatic nitrogens is 9. The SMILES string of the molecule is CC(C)(C)N.CCN.CCNC(=O)c1cccc(Br)c1N.CCn1c(=O)[nH]c2c(Br)cccc2c1=O.CCn1c(Cl)nc2c(Br)cccc2c1=O.CCn1c(NC(C)(C)C)nc2c(-c3cc4c([nH]3)[C@@H](C)NC4=O)cccc2c1=O.CCn1c(NC(C)(C)C)nc2c(Br)cccc2c1=O.Nc1c(Br)cccc1C(=O)O.[3H]P([3H])[3H]. The van der Waals surface area contributed by atoms with Gasteiger partial charge in [-0.05, 0) is 274 Å². The van der Waals surface area contributed by atoms with Crippen LogP contribution in [0.2, 0.25) is 5.28 Å². The number of hydrogen-bond donors (Lipinski definition) is 11. The van der Waals surface area contributed by atoms with E-state index >= 15 is 0 Å². The number of nitrogen functional groups attached to an aromatic ring is 2. The van der Waals surface area contributed by atoms with Gasteiger partial charge in [0.05, 0.1) is 87.2 Å². The van der Waals surface area contributed by atoms with Gasteiger partial charge in [-0.2, -0.15) is 9.73 Å². The van der Waals surface area contributed by atoms with Gasteiger partial charge in [-0.15, -0.1) is 0 Å². The second kappa shape index (κ2) is 41.8. The standard InChI is InChI=1S/C21H25N5O2.C14H18BrN3O.C10H8BrClN2O.C10H9BrN2O2.C9H11BrN2O.C7H6BrNO2.C4H11N.C2H7N.H3P/c1-6-26-19(28)13-9-7-8-12(17(13)24-20(26)25-21(3,4)5)15-10-14-16(23-15)11(2)22-18(14)27;1-5-18-12(19)9-7-6-8-10(15)11(9)16-13(18)17-14(2,3)4;1-2-14-9(15)6-4-3-5-7(11)8(6)13-10(14)12;1-2-13-9(14)6-4-3-5-7(11)8(6)12-10(13)15;1-2-12-9(13)6-4-3-5-7(10)8(6)11;8-5-3-1-2-4(6(5)9)7(10)11;1-4(2,3)5;1-2-3;/h7-11,23H,6H2,1-5H3,(H,22,27)(H,24,25);6-8H,5H2,1-4H3,(H,16,17);3-5H,2H2,1H3;3-5H,2H2,1H3,(H,12,15);3-5H,2,11H2,1H3,(H,12,13);1-3H,9H2,(H,10,11);5H2,1-3H3;2-3H2,1H3;1H3/t11-;;;;;;;;/m1......../s1/i;;;;;;;;1T3. The zero-order chi connectivity index (χ0) is 85.5. The summed E-state index contributed by atoms with van der Waals surface area (Å²) in [5.74, 6) is -0.0729. The number of amides is 2. The maximum absolute atomic E-state index is 13.1. The highest BCUT2D eigenvalue weighted by molar-refractivity contribution is 9.11. The minimum atomic E-state index is -1.87. The Labute approximate surface area is 692 Å². The number of carboxylic acid groups (broad SMARTS) is 1. The summed E-state index contributed by atoms with van der Waals surface area (Å²) in [6.45, 7) is 34.7. The Bertz CT molecular complexity index is 5480. The number of aromatic amines is 2. The number of rotatable bonds is 10. The second-order valence-electron chi connectivity index (χ2n) is 27.3. The Hall–Kier alpha value is -8.39. The van der Waals surface area contributed by atoms with Crippen molar-refractivity contribution in [3.05, 3.63) is 217 Å². The molecule has 5 aromatic heterocycles. The van der Waals surface area contributed by atoms with Crippen molar-refractivity contribution in [3.8, 4) is 11.3 Å². The first-order valence-electron chi connectivity index (χ1n) is 36.0. The predicted molar refractivity (Wildman–Crippen MR) is 472 cm³/mol. The van der Waals surface area contributed by atoms with Crippen LogP contribution in [0.4, 0.5) is 23.3 Å². The first-order valence-corrected chi connectivity index (χ1v) is 39.0. The molecule has 6 aromatic carbocycles. The average molecular weight is 1880 g/mol. The summed E-state index contributed by atoms with van der Waals surface area (Å²) in [5, 5.41) is 23.3. The van der Waals surface area contributed by atoms with Crippen LogP contribution in [0, 0.1) is 0 Å². The molecule has 592 valence electrons. The van der Waals surface area contributed by atoms with Crippen molar-refractivity contribution in [2.75, 3.05) is 35.2 Å². The van der Waals surface area contributed by atoms with E-state index in [9.17, 15) is 38.4 Å². The van der Waals surface area contributed by atoms with E-state index in [0.717, 1.165) is 41.4 Å². The third-order valence-electron chi connectivity index (χ3n) is 15.1. The molecule has 0 spiro atoms. The third kappa shape index (κ3) is 25.1. The number of halogens is 6. The van der Waals surface area contributed by atoms with Gasteiger partial charge >= 0.3 is 11.7 Å².